The minimum absolute atomic E-state index is 0.156. The van der Waals surface area contributed by atoms with Crippen molar-refractivity contribution < 1.29 is 0 Å². The van der Waals surface area contributed by atoms with E-state index in [0.717, 1.165) is 0 Å². The zero-order valence-electron chi connectivity index (χ0n) is 32.7. The third kappa shape index (κ3) is 3.31. The number of fused-ring (bicyclic) bond motifs is 9. The number of aromatic nitrogens is 1. The number of hydrogen-bond donors (Lipinski definition) is 0. The minimum atomic E-state index is -0.495. The molecule has 0 amide bonds. The van der Waals surface area contributed by atoms with Gasteiger partial charge in [-0.1, -0.05) is 188 Å². The molecule has 276 valence electrons. The predicted molar refractivity (Wildman–Crippen MR) is 247 cm³/mol. The summed E-state index contributed by atoms with van der Waals surface area (Å²) in [6.45, 7) is 0. The molecule has 2 unspecified atom stereocenters. The monoisotopic (exact) mass is 757 g/mol. The number of para-hydroxylation sites is 2. The van der Waals surface area contributed by atoms with E-state index in [1.165, 1.54) is 121 Å². The summed E-state index contributed by atoms with van der Waals surface area (Å²) in [4.78, 5) is 0. The lowest BCUT2D eigenvalue weighted by molar-refractivity contribution is 0.461. The van der Waals surface area contributed by atoms with E-state index in [-0.39, 0.29) is 5.92 Å². The second kappa shape index (κ2) is 10.8. The molecule has 4 aliphatic carbocycles. The van der Waals surface area contributed by atoms with Crippen LogP contribution in [0.2, 0.25) is 0 Å². The molecule has 60 heavy (non-hydrogen) atoms. The normalized spacial score (nSPS) is 18.7. The van der Waals surface area contributed by atoms with Crippen LogP contribution in [0.5, 0.6) is 0 Å². The number of nitrogens with zero attached hydrogens (tertiary/aromatic N) is 1. The van der Waals surface area contributed by atoms with Crippen LogP contribution in [0, 0.1) is 0 Å². The van der Waals surface area contributed by atoms with E-state index in [4.69, 9.17) is 0 Å². The Morgan fingerprint density at radius 2 is 0.700 bits per heavy atom. The average molecular weight is 758 g/mol. The maximum absolute atomic E-state index is 2.55. The van der Waals surface area contributed by atoms with Crippen molar-refractivity contribution in [1.29, 1.82) is 0 Å². The van der Waals surface area contributed by atoms with Crippen LogP contribution in [0.1, 0.15) is 56.0 Å². The lowest BCUT2D eigenvalue weighted by Gasteiger charge is -2.50. The maximum Gasteiger partial charge on any atom is 0.0648 e. The molecule has 1 nitrogen and oxygen atoms in total. The van der Waals surface area contributed by atoms with E-state index >= 15 is 0 Å². The highest BCUT2D eigenvalue weighted by Crippen LogP contribution is 2.75. The Hall–Kier alpha value is -7.48. The molecule has 0 saturated heterocycles. The molecular formula is C59H35N. The van der Waals surface area contributed by atoms with Crippen molar-refractivity contribution in [2.75, 3.05) is 0 Å². The fourth-order valence-corrected chi connectivity index (χ4v) is 13.4. The SMILES string of the molecule is c1ccc2c(c1)-c1ccccc1C2c1ccc2c3c(cccc13)C13c4ccccc4-c4ccccc4C21c1ccc(-n2c4ccccc4c4ccccc42)c2cccc3c12. The Kier molecular flexibility index (Phi) is 5.65. The summed E-state index contributed by atoms with van der Waals surface area (Å²) in [6, 6.07) is 79.1. The number of hydrogen-bond acceptors (Lipinski definition) is 0. The molecule has 1 aromatic heterocycles. The zero-order chi connectivity index (χ0) is 38.9. The molecular weight excluding hydrogens is 723 g/mol. The van der Waals surface area contributed by atoms with Crippen molar-refractivity contribution in [2.24, 2.45) is 0 Å². The third-order valence-corrected chi connectivity index (χ3v) is 15.2. The van der Waals surface area contributed by atoms with Crippen LogP contribution in [0.3, 0.4) is 0 Å². The smallest absolute Gasteiger partial charge is 0.0648 e. The van der Waals surface area contributed by atoms with E-state index in [9.17, 15) is 0 Å². The van der Waals surface area contributed by atoms with Gasteiger partial charge in [-0.25, -0.2) is 0 Å². The summed E-state index contributed by atoms with van der Waals surface area (Å²) in [6.07, 6.45) is 0. The van der Waals surface area contributed by atoms with Gasteiger partial charge in [0.25, 0.3) is 0 Å². The number of benzene rings is 10. The van der Waals surface area contributed by atoms with Crippen LogP contribution in [-0.4, -0.2) is 4.57 Å². The Labute approximate surface area is 347 Å². The van der Waals surface area contributed by atoms with Gasteiger partial charge < -0.3 is 4.57 Å². The van der Waals surface area contributed by atoms with E-state index in [1.54, 1.807) is 0 Å². The van der Waals surface area contributed by atoms with Gasteiger partial charge in [-0.2, -0.15) is 0 Å². The zero-order valence-corrected chi connectivity index (χ0v) is 32.7. The molecule has 0 N–H and O–H groups in total. The van der Waals surface area contributed by atoms with Gasteiger partial charge in [0, 0.05) is 22.1 Å². The summed E-state index contributed by atoms with van der Waals surface area (Å²) in [5.74, 6) is 0.156. The summed E-state index contributed by atoms with van der Waals surface area (Å²) >= 11 is 0. The molecule has 0 spiro atoms. The van der Waals surface area contributed by atoms with Gasteiger partial charge in [0.2, 0.25) is 0 Å². The Balaban J connectivity index is 1.11. The first kappa shape index (κ1) is 31.5. The van der Waals surface area contributed by atoms with Crippen LogP contribution in [0.15, 0.2) is 206 Å². The molecule has 11 aromatic rings. The molecule has 0 radical (unpaired) electrons. The van der Waals surface area contributed by atoms with Crippen LogP contribution < -0.4 is 0 Å². The van der Waals surface area contributed by atoms with Crippen LogP contribution in [-0.2, 0) is 10.8 Å². The molecule has 0 aliphatic heterocycles. The van der Waals surface area contributed by atoms with Crippen LogP contribution >= 0.6 is 0 Å². The summed E-state index contributed by atoms with van der Waals surface area (Å²) in [5, 5.41) is 8.02. The van der Waals surface area contributed by atoms with E-state index in [1.807, 2.05) is 0 Å². The van der Waals surface area contributed by atoms with Gasteiger partial charge in [-0.3, -0.25) is 0 Å². The first-order valence-electron chi connectivity index (χ1n) is 21.3. The first-order chi connectivity index (χ1) is 29.8. The van der Waals surface area contributed by atoms with Crippen molar-refractivity contribution in [3.05, 3.63) is 256 Å². The lowest BCUT2D eigenvalue weighted by atomic mass is 9.50. The third-order valence-electron chi connectivity index (χ3n) is 15.2. The molecule has 4 aliphatic rings. The summed E-state index contributed by atoms with van der Waals surface area (Å²) < 4.78 is 2.51. The number of rotatable bonds is 2. The van der Waals surface area contributed by atoms with Crippen molar-refractivity contribution in [3.8, 4) is 27.9 Å². The van der Waals surface area contributed by atoms with Gasteiger partial charge in [0.05, 0.1) is 27.6 Å². The highest BCUT2D eigenvalue weighted by atomic mass is 15.0. The van der Waals surface area contributed by atoms with Gasteiger partial charge in [0.15, 0.2) is 0 Å². The average Bonchev–Trinajstić information content (AvgIpc) is 4.00. The Morgan fingerprint density at radius 3 is 1.30 bits per heavy atom. The van der Waals surface area contributed by atoms with Crippen molar-refractivity contribution in [2.45, 2.75) is 16.7 Å². The fraction of sp³-hybridized carbons (Fsp3) is 0.0508. The standard InChI is InChI=1S/C59H35N/c1-3-21-41-35(15-1)36-16-2-4-22-42(36)55(41)44-31-32-50-56-43(44)23-13-27-48(56)58-46-25-9-5-17-37(46)38-18-6-10-26-47(38)59(50,58)51-33-34-54(45-24-14-28-49(58)57(45)51)60-52-29-11-7-19-39(52)40-20-8-12-30-53(40)60/h1-34,55H. The highest BCUT2D eigenvalue weighted by Gasteiger charge is 2.69. The Bertz CT molecular complexity index is 3580. The van der Waals surface area contributed by atoms with Crippen molar-refractivity contribution >= 4 is 43.4 Å². The maximum atomic E-state index is 2.55. The summed E-state index contributed by atoms with van der Waals surface area (Å²) in [7, 11) is 0. The van der Waals surface area contributed by atoms with E-state index in [2.05, 4.69) is 211 Å². The van der Waals surface area contributed by atoms with Gasteiger partial charge in [-0.15, -0.1) is 0 Å². The van der Waals surface area contributed by atoms with Gasteiger partial charge >= 0.3 is 0 Å². The molecule has 1 heterocycles. The second-order valence-electron chi connectivity index (χ2n) is 17.4. The van der Waals surface area contributed by atoms with Crippen LogP contribution in [0.4, 0.5) is 0 Å². The van der Waals surface area contributed by atoms with Crippen molar-refractivity contribution in [1.82, 2.24) is 4.57 Å². The van der Waals surface area contributed by atoms with Crippen LogP contribution in [0.25, 0.3) is 71.3 Å². The van der Waals surface area contributed by atoms with Crippen molar-refractivity contribution in [3.63, 3.8) is 0 Å². The summed E-state index contributed by atoms with van der Waals surface area (Å²) in [5.41, 5.74) is 20.7. The van der Waals surface area contributed by atoms with E-state index in [0.29, 0.717) is 0 Å². The second-order valence-corrected chi connectivity index (χ2v) is 17.4. The first-order valence-corrected chi connectivity index (χ1v) is 21.3. The van der Waals surface area contributed by atoms with Gasteiger partial charge in [0.1, 0.15) is 0 Å². The topological polar surface area (TPSA) is 4.93 Å². The quantitative estimate of drug-likeness (QED) is 0.165. The lowest BCUT2D eigenvalue weighted by Crippen LogP contribution is -2.48. The molecule has 10 aromatic carbocycles. The predicted octanol–water partition coefficient (Wildman–Crippen LogP) is 14.2. The highest BCUT2D eigenvalue weighted by molar-refractivity contribution is 6.14. The van der Waals surface area contributed by atoms with E-state index < -0.39 is 10.8 Å². The minimum Gasteiger partial charge on any atom is -0.309 e. The molecule has 15 rings (SSSR count). The molecule has 2 atom stereocenters. The molecule has 0 saturated carbocycles. The molecule has 0 fully saturated rings. The fourth-order valence-electron chi connectivity index (χ4n) is 13.4. The molecule has 0 bridgehead atoms. The van der Waals surface area contributed by atoms with Gasteiger partial charge in [-0.05, 0) is 107 Å². The molecule has 1 heteroatoms. The largest absolute Gasteiger partial charge is 0.309 e. The Morgan fingerprint density at radius 1 is 0.283 bits per heavy atom.